The molecule has 0 N–H and O–H groups in total. The fourth-order valence-corrected chi connectivity index (χ4v) is 11.1. The van der Waals surface area contributed by atoms with Crippen LogP contribution >= 0.6 is 0 Å². The van der Waals surface area contributed by atoms with Gasteiger partial charge in [-0.05, 0) is 60.7 Å². The van der Waals surface area contributed by atoms with Crippen LogP contribution in [-0.2, 0) is 53.4 Å². The first-order valence-electron chi connectivity index (χ1n) is 21.6. The zero-order chi connectivity index (χ0) is 44.0. The highest BCUT2D eigenvalue weighted by atomic mass is 28.4. The number of methoxy groups -OCH3 is 3. The van der Waals surface area contributed by atoms with Crippen molar-refractivity contribution in [1.82, 2.24) is 0 Å². The van der Waals surface area contributed by atoms with Crippen LogP contribution in [0.4, 0.5) is 0 Å². The monoisotopic (exact) mass is 869 g/mol. The highest BCUT2D eigenvalue weighted by molar-refractivity contribution is 6.76. The third-order valence-electron chi connectivity index (χ3n) is 13.6. The van der Waals surface area contributed by atoms with Gasteiger partial charge in [0.15, 0.2) is 28.2 Å². The molecule has 2 fully saturated rings. The predicted molar refractivity (Wildman–Crippen MR) is 241 cm³/mol. The van der Waals surface area contributed by atoms with Crippen molar-refractivity contribution < 1.29 is 46.8 Å². The maximum absolute atomic E-state index is 13.5. The molecule has 0 bridgehead atoms. The van der Waals surface area contributed by atoms with Crippen LogP contribution in [0.1, 0.15) is 99.5 Å². The molecule has 10 nitrogen and oxygen atoms in total. The minimum atomic E-state index is -2.30. The van der Waals surface area contributed by atoms with Crippen molar-refractivity contribution in [2.45, 2.75) is 205 Å². The third-order valence-corrected chi connectivity index (χ3v) is 24.3. The van der Waals surface area contributed by atoms with Gasteiger partial charge >= 0.3 is 5.97 Å². The van der Waals surface area contributed by atoms with E-state index < -0.39 is 47.8 Å². The topological polar surface area (TPSA) is 100 Å². The summed E-state index contributed by atoms with van der Waals surface area (Å²) < 4.78 is 59.6. The average molecular weight is 869 g/mol. The average Bonchev–Trinajstić information content (AvgIpc) is 3.08. The Labute approximate surface area is 356 Å². The molecule has 13 heteroatoms. The minimum absolute atomic E-state index is 0.0176. The lowest BCUT2D eigenvalue weighted by molar-refractivity contribution is -0.363. The van der Waals surface area contributed by atoms with Crippen molar-refractivity contribution in [3.8, 4) is 0 Å². The Kier molecular flexibility index (Phi) is 17.7. The van der Waals surface area contributed by atoms with E-state index in [9.17, 15) is 4.79 Å². The molecule has 1 aromatic carbocycles. The van der Waals surface area contributed by atoms with E-state index in [1.807, 2.05) is 18.2 Å². The van der Waals surface area contributed by atoms with Gasteiger partial charge < -0.3 is 42.0 Å². The summed E-state index contributed by atoms with van der Waals surface area (Å²) in [5.41, 5.74) is 0.493. The molecule has 0 amide bonds. The van der Waals surface area contributed by atoms with E-state index in [2.05, 4.69) is 113 Å². The van der Waals surface area contributed by atoms with Crippen LogP contribution in [0.15, 0.2) is 30.3 Å². The molecule has 0 radical (unpaired) electrons. The Hall–Kier alpha value is -0.979. The van der Waals surface area contributed by atoms with Crippen LogP contribution in [-0.4, -0.2) is 107 Å². The van der Waals surface area contributed by atoms with Gasteiger partial charge in [0.2, 0.25) is 0 Å². The van der Waals surface area contributed by atoms with Gasteiger partial charge in [0, 0.05) is 54.1 Å². The highest BCUT2D eigenvalue weighted by Crippen LogP contribution is 2.53. The molecule has 2 heterocycles. The van der Waals surface area contributed by atoms with E-state index >= 15 is 0 Å². The number of ether oxygens (including phenoxy) is 7. The van der Waals surface area contributed by atoms with Crippen LogP contribution < -0.4 is 0 Å². The quantitative estimate of drug-likeness (QED) is 0.0715. The first kappa shape index (κ1) is 51.4. The lowest BCUT2D eigenvalue weighted by Crippen LogP contribution is -2.65. The van der Waals surface area contributed by atoms with Crippen molar-refractivity contribution in [3.63, 3.8) is 0 Å². The van der Waals surface area contributed by atoms with E-state index in [0.29, 0.717) is 51.9 Å². The summed E-state index contributed by atoms with van der Waals surface area (Å²) in [6.45, 7) is 35.2. The van der Waals surface area contributed by atoms with E-state index in [0.717, 1.165) is 11.6 Å². The number of hydrogen-bond acceptors (Lipinski definition) is 10. The van der Waals surface area contributed by atoms with Gasteiger partial charge in [0.1, 0.15) is 0 Å². The van der Waals surface area contributed by atoms with E-state index in [-0.39, 0.29) is 46.9 Å². The van der Waals surface area contributed by atoms with Gasteiger partial charge in [-0.25, -0.2) is 0 Å². The van der Waals surface area contributed by atoms with Crippen LogP contribution in [0.2, 0.25) is 61.9 Å². The maximum Gasteiger partial charge on any atom is 0.308 e. The summed E-state index contributed by atoms with van der Waals surface area (Å²) >= 11 is 0. The lowest BCUT2D eigenvalue weighted by atomic mass is 9.70. The van der Waals surface area contributed by atoms with Crippen LogP contribution in [0.5, 0.6) is 0 Å². The molecule has 2 aliphatic heterocycles. The SMILES string of the molecule is COC1(OC)C[C@H](COCc2ccccc2)O[C@H](C[C@]2(OC)O[C@H](C[C@H](CC(=O)OCC[Si](C)(C)C)O[Si](C)(C)C(C)(C)C)C[C@H](O[Si](C)(C)C(C)(C)C)C2(C)C)C1. The summed E-state index contributed by atoms with van der Waals surface area (Å²) in [6.07, 6.45) is 1.11. The zero-order valence-electron chi connectivity index (χ0n) is 39.9. The van der Waals surface area contributed by atoms with E-state index in [1.165, 1.54) is 0 Å². The Morgan fingerprint density at radius 3 is 1.95 bits per heavy atom. The first-order chi connectivity index (χ1) is 26.5. The Bertz CT molecular complexity index is 1410. The molecule has 0 spiro atoms. The van der Waals surface area contributed by atoms with Gasteiger partial charge in [-0.3, -0.25) is 4.79 Å². The number of carbonyl (C=O) groups is 1. The summed E-state index contributed by atoms with van der Waals surface area (Å²) in [5, 5.41) is -0.0716. The number of carbonyl (C=O) groups excluding carboxylic acids is 1. The van der Waals surface area contributed by atoms with E-state index in [1.54, 1.807) is 21.3 Å². The van der Waals surface area contributed by atoms with Gasteiger partial charge in [0.05, 0.1) is 56.8 Å². The maximum atomic E-state index is 13.5. The van der Waals surface area contributed by atoms with Crippen LogP contribution in [0.3, 0.4) is 0 Å². The van der Waals surface area contributed by atoms with Crippen molar-refractivity contribution in [2.24, 2.45) is 5.41 Å². The standard InChI is InChI=1S/C45H84O10Si3/c1-41(2,3)57(15,16)54-36(28-40(46)51-24-25-56(12,13)14)26-35-27-39(55-58(17,18)42(4,5)6)43(7,8)45(49-11,53-35)31-37-29-44(47-9,48-10)30-38(52-37)33-50-32-34-22-20-19-21-23-34/h19-23,35-39H,24-33H2,1-18H3/t35-,36-,37+,38-,39+,45+/m1/s1. The third kappa shape index (κ3) is 13.8. The summed E-state index contributed by atoms with van der Waals surface area (Å²) in [4.78, 5) is 13.5. The highest BCUT2D eigenvalue weighted by Gasteiger charge is 2.60. The van der Waals surface area contributed by atoms with E-state index in [4.69, 9.17) is 42.0 Å². The predicted octanol–water partition coefficient (Wildman–Crippen LogP) is 10.7. The molecule has 2 saturated heterocycles. The number of benzene rings is 1. The number of esters is 1. The Morgan fingerprint density at radius 2 is 1.41 bits per heavy atom. The normalized spacial score (nSPS) is 26.3. The molecule has 58 heavy (non-hydrogen) atoms. The smallest absolute Gasteiger partial charge is 0.308 e. The Morgan fingerprint density at radius 1 is 0.828 bits per heavy atom. The summed E-state index contributed by atoms with van der Waals surface area (Å²) in [6, 6.07) is 11.1. The molecular formula is C45H84O10Si3. The second-order valence-corrected chi connectivity index (χ2v) is 36.9. The summed E-state index contributed by atoms with van der Waals surface area (Å²) in [7, 11) is -0.842. The summed E-state index contributed by atoms with van der Waals surface area (Å²) in [5.74, 6) is -2.23. The van der Waals surface area contributed by atoms with Gasteiger partial charge in [-0.15, -0.1) is 0 Å². The molecule has 0 unspecified atom stereocenters. The lowest BCUT2D eigenvalue weighted by Gasteiger charge is -2.58. The molecule has 336 valence electrons. The van der Waals surface area contributed by atoms with Gasteiger partial charge in [-0.2, -0.15) is 0 Å². The minimum Gasteiger partial charge on any atom is -0.466 e. The van der Waals surface area contributed by atoms with Crippen molar-refractivity contribution >= 4 is 30.7 Å². The van der Waals surface area contributed by atoms with Gasteiger partial charge in [0.25, 0.3) is 0 Å². The fourth-order valence-electron chi connectivity index (χ4n) is 7.56. The van der Waals surface area contributed by atoms with Gasteiger partial charge in [-0.1, -0.05) is 105 Å². The molecule has 1 aromatic rings. The first-order valence-corrected chi connectivity index (χ1v) is 31.2. The van der Waals surface area contributed by atoms with Crippen molar-refractivity contribution in [2.75, 3.05) is 34.5 Å². The molecule has 6 atom stereocenters. The number of rotatable bonds is 20. The van der Waals surface area contributed by atoms with Crippen LogP contribution in [0, 0.1) is 5.41 Å². The second kappa shape index (κ2) is 20.0. The fraction of sp³-hybridized carbons (Fsp3) is 0.844. The van der Waals surface area contributed by atoms with Crippen molar-refractivity contribution in [1.29, 1.82) is 0 Å². The largest absolute Gasteiger partial charge is 0.466 e. The molecule has 0 aliphatic carbocycles. The molecule has 2 aliphatic rings. The number of hydrogen-bond donors (Lipinski definition) is 0. The Balaban J connectivity index is 2.01. The second-order valence-electron chi connectivity index (χ2n) is 21.8. The zero-order valence-corrected chi connectivity index (χ0v) is 42.9. The van der Waals surface area contributed by atoms with Crippen molar-refractivity contribution in [3.05, 3.63) is 35.9 Å². The van der Waals surface area contributed by atoms with Crippen LogP contribution in [0.25, 0.3) is 0 Å². The molecule has 0 aromatic heterocycles. The molecule has 0 saturated carbocycles. The molecular weight excluding hydrogens is 785 g/mol. The molecule has 3 rings (SSSR count).